The second kappa shape index (κ2) is 7.94. The molecule has 0 aliphatic rings. The first-order valence-electron chi connectivity index (χ1n) is 8.27. The van der Waals surface area contributed by atoms with Crippen molar-refractivity contribution in [3.63, 3.8) is 0 Å². The third kappa shape index (κ3) is 3.93. The molecule has 0 aliphatic heterocycles. The van der Waals surface area contributed by atoms with Crippen LogP contribution in [0.25, 0.3) is 21.8 Å². The summed E-state index contributed by atoms with van der Waals surface area (Å²) in [5.74, 6) is 0.0867. The zero-order valence-electron chi connectivity index (χ0n) is 15.2. The standard InChI is InChI=1S/C18H13ClN6O3S/c1-9-5-10(11-6-15(19)21-8-14(11)27-2)12(7-20-9)16(26)22-18-24-23-17(29-18)13-3-4-28-25-13/h3-8H,1-2H3,(H,22,24,26). The first-order chi connectivity index (χ1) is 14.0. The van der Waals surface area contributed by atoms with Gasteiger partial charge in [0.1, 0.15) is 22.9 Å². The van der Waals surface area contributed by atoms with Crippen molar-refractivity contribution in [2.24, 2.45) is 0 Å². The number of hydrogen-bond donors (Lipinski definition) is 1. The molecular weight excluding hydrogens is 416 g/mol. The van der Waals surface area contributed by atoms with Crippen LogP contribution in [0.4, 0.5) is 5.13 Å². The quantitative estimate of drug-likeness (QED) is 0.476. The topological polar surface area (TPSA) is 116 Å². The third-order valence-corrected chi connectivity index (χ3v) is 5.00. The lowest BCUT2D eigenvalue weighted by atomic mass is 10.0. The fourth-order valence-electron chi connectivity index (χ4n) is 2.62. The van der Waals surface area contributed by atoms with Gasteiger partial charge in [0.25, 0.3) is 5.91 Å². The monoisotopic (exact) mass is 428 g/mol. The molecule has 0 fully saturated rings. The number of nitrogens with one attached hydrogen (secondary N) is 1. The van der Waals surface area contributed by atoms with Crippen LogP contribution in [0.1, 0.15) is 16.1 Å². The molecule has 4 aromatic heterocycles. The van der Waals surface area contributed by atoms with Gasteiger partial charge in [-0.05, 0) is 19.1 Å². The Morgan fingerprint density at radius 3 is 2.83 bits per heavy atom. The molecule has 146 valence electrons. The summed E-state index contributed by atoms with van der Waals surface area (Å²) in [4.78, 5) is 21.2. The van der Waals surface area contributed by atoms with Crippen LogP contribution < -0.4 is 10.1 Å². The molecule has 0 saturated carbocycles. The highest BCUT2D eigenvalue weighted by molar-refractivity contribution is 7.18. The first-order valence-corrected chi connectivity index (χ1v) is 9.46. The Balaban J connectivity index is 1.69. The SMILES string of the molecule is COc1cnc(Cl)cc1-c1cc(C)ncc1C(=O)Nc1nnc(-c2ccon2)s1. The summed E-state index contributed by atoms with van der Waals surface area (Å²) in [6.07, 6.45) is 4.43. The molecule has 1 N–H and O–H groups in total. The summed E-state index contributed by atoms with van der Waals surface area (Å²) in [5.41, 5.74) is 2.84. The normalized spacial score (nSPS) is 10.7. The van der Waals surface area contributed by atoms with Crippen LogP contribution >= 0.6 is 22.9 Å². The molecule has 0 radical (unpaired) electrons. The minimum absolute atomic E-state index is 0.281. The molecule has 0 bridgehead atoms. The Hall–Kier alpha value is -3.37. The van der Waals surface area contributed by atoms with Gasteiger partial charge in [0, 0.05) is 29.1 Å². The zero-order chi connectivity index (χ0) is 20.4. The van der Waals surface area contributed by atoms with E-state index in [4.69, 9.17) is 20.9 Å². The molecule has 4 rings (SSSR count). The van der Waals surface area contributed by atoms with E-state index < -0.39 is 5.91 Å². The van der Waals surface area contributed by atoms with E-state index >= 15 is 0 Å². The Morgan fingerprint density at radius 2 is 2.07 bits per heavy atom. The number of aromatic nitrogens is 5. The fourth-order valence-corrected chi connectivity index (χ4v) is 3.48. The first kappa shape index (κ1) is 19.0. The number of methoxy groups -OCH3 is 1. The van der Waals surface area contributed by atoms with E-state index in [1.165, 1.54) is 37.1 Å². The van der Waals surface area contributed by atoms with Gasteiger partial charge in [0.15, 0.2) is 5.01 Å². The highest BCUT2D eigenvalue weighted by Crippen LogP contribution is 2.34. The summed E-state index contributed by atoms with van der Waals surface area (Å²) in [5, 5.41) is 15.7. The van der Waals surface area contributed by atoms with Gasteiger partial charge in [-0.2, -0.15) is 0 Å². The molecule has 0 spiro atoms. The van der Waals surface area contributed by atoms with Crippen molar-refractivity contribution in [2.45, 2.75) is 6.92 Å². The van der Waals surface area contributed by atoms with E-state index in [9.17, 15) is 4.79 Å². The maximum Gasteiger partial charge on any atom is 0.259 e. The van der Waals surface area contributed by atoms with Gasteiger partial charge >= 0.3 is 0 Å². The van der Waals surface area contributed by atoms with Gasteiger partial charge < -0.3 is 9.26 Å². The van der Waals surface area contributed by atoms with E-state index in [1.807, 2.05) is 6.92 Å². The van der Waals surface area contributed by atoms with Crippen LogP contribution in [-0.2, 0) is 0 Å². The van der Waals surface area contributed by atoms with Gasteiger partial charge in [0.05, 0.1) is 18.9 Å². The van der Waals surface area contributed by atoms with Crippen LogP contribution in [-0.4, -0.2) is 38.3 Å². The summed E-state index contributed by atoms with van der Waals surface area (Å²) < 4.78 is 10.2. The van der Waals surface area contributed by atoms with Crippen LogP contribution in [0.3, 0.4) is 0 Å². The second-order valence-corrected chi connectivity index (χ2v) is 7.19. The number of pyridine rings is 2. The summed E-state index contributed by atoms with van der Waals surface area (Å²) in [6.45, 7) is 1.83. The van der Waals surface area contributed by atoms with Crippen LogP contribution in [0.5, 0.6) is 5.75 Å². The lowest BCUT2D eigenvalue weighted by Crippen LogP contribution is -2.14. The predicted octanol–water partition coefficient (Wildman–Crippen LogP) is 3.87. The number of halogens is 1. The average molecular weight is 429 g/mol. The zero-order valence-corrected chi connectivity index (χ0v) is 16.8. The predicted molar refractivity (Wildman–Crippen MR) is 107 cm³/mol. The van der Waals surface area contributed by atoms with Crippen LogP contribution in [0, 0.1) is 6.92 Å². The smallest absolute Gasteiger partial charge is 0.259 e. The lowest BCUT2D eigenvalue weighted by Gasteiger charge is -2.13. The van der Waals surface area contributed by atoms with Gasteiger partial charge in [0.2, 0.25) is 5.13 Å². The van der Waals surface area contributed by atoms with E-state index in [-0.39, 0.29) is 5.15 Å². The molecule has 0 unspecified atom stereocenters. The van der Waals surface area contributed by atoms with Crippen LogP contribution in [0.2, 0.25) is 5.15 Å². The Bertz CT molecular complexity index is 1180. The molecule has 29 heavy (non-hydrogen) atoms. The lowest BCUT2D eigenvalue weighted by molar-refractivity contribution is 0.102. The van der Waals surface area contributed by atoms with Crippen molar-refractivity contribution < 1.29 is 14.1 Å². The van der Waals surface area contributed by atoms with Gasteiger partial charge in [-0.1, -0.05) is 28.1 Å². The number of anilines is 1. The molecular formula is C18H13ClN6O3S. The Morgan fingerprint density at radius 1 is 1.21 bits per heavy atom. The molecule has 0 aliphatic carbocycles. The molecule has 4 aromatic rings. The number of nitrogens with zero attached hydrogens (tertiary/aromatic N) is 5. The molecule has 9 nitrogen and oxygen atoms in total. The van der Waals surface area contributed by atoms with Crippen molar-refractivity contribution in [3.8, 4) is 27.6 Å². The number of aryl methyl sites for hydroxylation is 1. The Kier molecular flexibility index (Phi) is 5.19. The highest BCUT2D eigenvalue weighted by atomic mass is 35.5. The van der Waals surface area contributed by atoms with Crippen LogP contribution in [0.15, 0.2) is 41.4 Å². The molecule has 0 aromatic carbocycles. The number of carbonyl (C=O) groups is 1. The van der Waals surface area contributed by atoms with Crippen molar-refractivity contribution in [3.05, 3.63) is 53.3 Å². The number of rotatable bonds is 5. The summed E-state index contributed by atoms with van der Waals surface area (Å²) in [6, 6.07) is 5.08. The largest absolute Gasteiger partial charge is 0.494 e. The van der Waals surface area contributed by atoms with Gasteiger partial charge in [-0.25, -0.2) is 4.98 Å². The fraction of sp³-hybridized carbons (Fsp3) is 0.111. The number of ether oxygens (including phenoxy) is 1. The molecule has 0 atom stereocenters. The number of amides is 1. The van der Waals surface area contributed by atoms with Crippen molar-refractivity contribution in [1.82, 2.24) is 25.3 Å². The van der Waals surface area contributed by atoms with E-state index in [0.29, 0.717) is 38.3 Å². The number of hydrogen-bond acceptors (Lipinski definition) is 9. The van der Waals surface area contributed by atoms with E-state index in [1.54, 1.807) is 18.2 Å². The molecule has 4 heterocycles. The second-order valence-electron chi connectivity index (χ2n) is 5.83. The van der Waals surface area contributed by atoms with E-state index in [2.05, 4.69) is 30.6 Å². The minimum Gasteiger partial charge on any atom is -0.494 e. The maximum absolute atomic E-state index is 13.0. The maximum atomic E-state index is 13.0. The highest BCUT2D eigenvalue weighted by Gasteiger charge is 2.19. The van der Waals surface area contributed by atoms with Gasteiger partial charge in [-0.15, -0.1) is 10.2 Å². The summed E-state index contributed by atoms with van der Waals surface area (Å²) in [7, 11) is 1.52. The van der Waals surface area contributed by atoms with E-state index in [0.717, 1.165) is 5.69 Å². The Labute approximate surface area is 173 Å². The number of carbonyl (C=O) groups excluding carboxylic acids is 1. The summed E-state index contributed by atoms with van der Waals surface area (Å²) >= 11 is 7.24. The molecule has 1 amide bonds. The minimum atomic E-state index is -0.398. The van der Waals surface area contributed by atoms with Crippen molar-refractivity contribution in [2.75, 3.05) is 12.4 Å². The third-order valence-electron chi connectivity index (χ3n) is 3.93. The van der Waals surface area contributed by atoms with Crippen molar-refractivity contribution in [1.29, 1.82) is 0 Å². The van der Waals surface area contributed by atoms with Gasteiger partial charge in [-0.3, -0.25) is 15.1 Å². The average Bonchev–Trinajstić information content (AvgIpc) is 3.39. The molecule has 11 heteroatoms. The molecule has 0 saturated heterocycles. The van der Waals surface area contributed by atoms with Crippen molar-refractivity contribution >= 4 is 34.0 Å².